The van der Waals surface area contributed by atoms with Crippen molar-refractivity contribution in [3.05, 3.63) is 17.4 Å². The highest BCUT2D eigenvalue weighted by atomic mass is 19.4. The zero-order valence-corrected chi connectivity index (χ0v) is 6.78. The number of halogens is 10. The standard InChI is InChI=1S/C6F10/c7-3(8)1-2(5(11,12)13)4(9,10)6(14,15)16. The Bertz CT molecular complexity index is 318. The molecule has 0 rings (SSSR count). The number of hydrogen-bond donors (Lipinski definition) is 0. The van der Waals surface area contributed by atoms with Crippen molar-refractivity contribution in [1.29, 1.82) is 0 Å². The second-order valence-corrected chi connectivity index (χ2v) is 2.33. The van der Waals surface area contributed by atoms with Crippen LogP contribution in [-0.4, -0.2) is 18.3 Å². The lowest BCUT2D eigenvalue weighted by atomic mass is 10.1. The second kappa shape index (κ2) is 4.00. The van der Waals surface area contributed by atoms with E-state index in [9.17, 15) is 43.9 Å². The van der Waals surface area contributed by atoms with Crippen molar-refractivity contribution < 1.29 is 43.9 Å². The molecule has 0 saturated heterocycles. The van der Waals surface area contributed by atoms with Gasteiger partial charge in [-0.25, -0.2) is 0 Å². The second-order valence-electron chi connectivity index (χ2n) is 2.33. The quantitative estimate of drug-likeness (QED) is 0.494. The molecule has 0 unspecified atom stereocenters. The lowest BCUT2D eigenvalue weighted by molar-refractivity contribution is -0.281. The molecule has 0 N–H and O–H groups in total. The van der Waals surface area contributed by atoms with Gasteiger partial charge in [0, 0.05) is 0 Å². The Morgan fingerprint density at radius 1 is 0.750 bits per heavy atom. The highest BCUT2D eigenvalue weighted by Gasteiger charge is 2.66. The van der Waals surface area contributed by atoms with Crippen LogP contribution in [0, 0.1) is 0 Å². The first-order valence-corrected chi connectivity index (χ1v) is 3.14. The molecule has 0 nitrogen and oxygen atoms in total. The van der Waals surface area contributed by atoms with Gasteiger partial charge in [0.05, 0.1) is 0 Å². The van der Waals surface area contributed by atoms with Gasteiger partial charge in [-0.2, -0.15) is 43.9 Å². The van der Waals surface area contributed by atoms with Gasteiger partial charge in [-0.15, -0.1) is 0 Å². The summed E-state index contributed by atoms with van der Waals surface area (Å²) < 4.78 is 116. The van der Waals surface area contributed by atoms with Crippen LogP contribution in [-0.2, 0) is 0 Å². The topological polar surface area (TPSA) is 0 Å². The summed E-state index contributed by atoms with van der Waals surface area (Å²) in [5.41, 5.74) is -4.11. The van der Waals surface area contributed by atoms with Crippen LogP contribution in [0.2, 0.25) is 0 Å². The molecule has 0 radical (unpaired) electrons. The summed E-state index contributed by atoms with van der Waals surface area (Å²) in [5.74, 6) is -6.45. The van der Waals surface area contributed by atoms with E-state index in [2.05, 4.69) is 0 Å². The van der Waals surface area contributed by atoms with Crippen LogP contribution in [0.3, 0.4) is 0 Å². The Morgan fingerprint density at radius 3 is 1.31 bits per heavy atom. The minimum atomic E-state index is -6.64. The molecule has 0 atom stereocenters. The molecule has 0 aromatic heterocycles. The molecule has 0 aromatic rings. The van der Waals surface area contributed by atoms with E-state index < -0.39 is 29.9 Å². The van der Waals surface area contributed by atoms with Crippen molar-refractivity contribution >= 4 is 0 Å². The van der Waals surface area contributed by atoms with E-state index in [0.717, 1.165) is 0 Å². The van der Waals surface area contributed by atoms with Crippen molar-refractivity contribution in [3.63, 3.8) is 0 Å². The molecular weight excluding hydrogens is 262 g/mol. The van der Waals surface area contributed by atoms with Gasteiger partial charge < -0.3 is 0 Å². The Balaban J connectivity index is 5.88. The van der Waals surface area contributed by atoms with Crippen LogP contribution < -0.4 is 0 Å². The van der Waals surface area contributed by atoms with Gasteiger partial charge in [-0.05, 0) is 5.73 Å². The molecule has 0 aromatic carbocycles. The fourth-order valence-corrected chi connectivity index (χ4v) is 0.564. The Morgan fingerprint density at radius 2 is 1.12 bits per heavy atom. The fraction of sp³-hybridized carbons (Fsp3) is 0.500. The molecule has 0 fully saturated rings. The van der Waals surface area contributed by atoms with Crippen molar-refractivity contribution in [2.45, 2.75) is 18.3 Å². The van der Waals surface area contributed by atoms with Gasteiger partial charge >= 0.3 is 24.4 Å². The van der Waals surface area contributed by atoms with E-state index in [4.69, 9.17) is 0 Å². The van der Waals surface area contributed by atoms with E-state index in [1.807, 2.05) is 0 Å². The van der Waals surface area contributed by atoms with Crippen LogP contribution in [0.15, 0.2) is 17.4 Å². The lowest BCUT2D eigenvalue weighted by Gasteiger charge is -2.22. The average molecular weight is 262 g/mol. The molecule has 16 heavy (non-hydrogen) atoms. The highest BCUT2D eigenvalue weighted by molar-refractivity contribution is 5.20. The minimum absolute atomic E-state index is 0.328. The third-order valence-electron chi connectivity index (χ3n) is 1.17. The number of allylic oxidation sites excluding steroid dienone is 1. The van der Waals surface area contributed by atoms with Crippen LogP contribution >= 0.6 is 0 Å². The van der Waals surface area contributed by atoms with Crippen LogP contribution in [0.4, 0.5) is 43.9 Å². The van der Waals surface area contributed by atoms with E-state index in [1.165, 1.54) is 0 Å². The minimum Gasteiger partial charge on any atom is -0.190 e. The first-order valence-electron chi connectivity index (χ1n) is 3.14. The van der Waals surface area contributed by atoms with E-state index in [-0.39, 0.29) is 5.73 Å². The predicted molar refractivity (Wildman–Crippen MR) is 29.8 cm³/mol. The maximum Gasteiger partial charge on any atom is 0.458 e. The lowest BCUT2D eigenvalue weighted by Crippen LogP contribution is -2.43. The molecule has 0 aliphatic rings. The third-order valence-corrected chi connectivity index (χ3v) is 1.17. The molecule has 0 heterocycles. The summed E-state index contributed by atoms with van der Waals surface area (Å²) in [6.45, 7) is 0. The molecular formula is C6F10. The first-order chi connectivity index (χ1) is 6.80. The first kappa shape index (κ1) is 14.8. The van der Waals surface area contributed by atoms with Crippen molar-refractivity contribution in [1.82, 2.24) is 0 Å². The van der Waals surface area contributed by atoms with Gasteiger partial charge in [0.2, 0.25) is 0 Å². The summed E-state index contributed by atoms with van der Waals surface area (Å²) in [7, 11) is 0. The van der Waals surface area contributed by atoms with Gasteiger partial charge in [0.25, 0.3) is 0 Å². The highest BCUT2D eigenvalue weighted by Crippen LogP contribution is 2.46. The SMILES string of the molecule is FC(F)=C=C(C(F)(F)F)C(F)(F)C(F)(F)F. The molecule has 0 aliphatic carbocycles. The summed E-state index contributed by atoms with van der Waals surface area (Å²) in [6.07, 6.45) is -16.3. The molecule has 0 bridgehead atoms. The van der Waals surface area contributed by atoms with Crippen LogP contribution in [0.25, 0.3) is 0 Å². The molecule has 0 aliphatic heterocycles. The number of rotatable bonds is 1. The number of alkyl halides is 8. The maximum atomic E-state index is 12.2. The molecule has 0 spiro atoms. The van der Waals surface area contributed by atoms with E-state index in [1.54, 1.807) is 0 Å². The zero-order chi connectivity index (χ0) is 13.4. The van der Waals surface area contributed by atoms with E-state index >= 15 is 0 Å². The van der Waals surface area contributed by atoms with Gasteiger partial charge in [-0.3, -0.25) is 0 Å². The van der Waals surface area contributed by atoms with Crippen LogP contribution in [0.1, 0.15) is 0 Å². The molecule has 10 heteroatoms. The summed E-state index contributed by atoms with van der Waals surface area (Å²) in [6, 6.07) is 0. The van der Waals surface area contributed by atoms with Crippen molar-refractivity contribution in [3.8, 4) is 0 Å². The van der Waals surface area contributed by atoms with Gasteiger partial charge in [0.1, 0.15) is 0 Å². The van der Waals surface area contributed by atoms with Crippen molar-refractivity contribution in [2.24, 2.45) is 0 Å². The molecule has 94 valence electrons. The fourth-order valence-electron chi connectivity index (χ4n) is 0.564. The maximum absolute atomic E-state index is 12.2. The number of hydrogen-bond acceptors (Lipinski definition) is 0. The summed E-state index contributed by atoms with van der Waals surface area (Å²) in [5, 5.41) is 0. The van der Waals surface area contributed by atoms with Gasteiger partial charge in [-0.1, -0.05) is 0 Å². The largest absolute Gasteiger partial charge is 0.458 e. The summed E-state index contributed by atoms with van der Waals surface area (Å²) in [4.78, 5) is 0. The predicted octanol–water partition coefficient (Wildman–Crippen LogP) is 4.05. The normalized spacial score (nSPS) is 13.4. The Hall–Kier alpha value is -1.18. The Kier molecular flexibility index (Phi) is 3.71. The van der Waals surface area contributed by atoms with Crippen molar-refractivity contribution in [2.75, 3.05) is 0 Å². The Labute approximate surface area is 80.8 Å². The summed E-state index contributed by atoms with van der Waals surface area (Å²) >= 11 is 0. The molecule has 0 amide bonds. The van der Waals surface area contributed by atoms with E-state index in [0.29, 0.717) is 0 Å². The zero-order valence-electron chi connectivity index (χ0n) is 6.78. The molecule has 0 saturated carbocycles. The third kappa shape index (κ3) is 3.16. The van der Waals surface area contributed by atoms with Crippen LogP contribution in [0.5, 0.6) is 0 Å². The smallest absolute Gasteiger partial charge is 0.190 e. The average Bonchev–Trinajstić information content (AvgIpc) is 1.95. The van der Waals surface area contributed by atoms with Gasteiger partial charge in [0.15, 0.2) is 5.57 Å². The monoisotopic (exact) mass is 262 g/mol.